The van der Waals surface area contributed by atoms with Gasteiger partial charge < -0.3 is 5.32 Å². The molecule has 0 radical (unpaired) electrons. The van der Waals surface area contributed by atoms with Gasteiger partial charge in [0.1, 0.15) is 5.54 Å². The largest absolute Gasteiger partial charge is 0.337 e. The van der Waals surface area contributed by atoms with E-state index in [4.69, 9.17) is 0 Å². The average Bonchev–Trinajstić information content (AvgIpc) is 2.92. The summed E-state index contributed by atoms with van der Waals surface area (Å²) in [6.07, 6.45) is 4.61. The number of hydrogen-bond donors (Lipinski definition) is 1. The van der Waals surface area contributed by atoms with Gasteiger partial charge in [-0.15, -0.1) is 5.10 Å². The fraction of sp³-hybridized carbons (Fsp3) is 0.786. The van der Waals surface area contributed by atoms with Crippen LogP contribution in [0.2, 0.25) is 0 Å². The Morgan fingerprint density at radius 1 is 1.45 bits per heavy atom. The minimum Gasteiger partial charge on any atom is -0.337 e. The highest BCUT2D eigenvalue weighted by Gasteiger charge is 2.33. The Labute approximate surface area is 134 Å². The summed E-state index contributed by atoms with van der Waals surface area (Å²) in [5, 5.41) is 24.5. The van der Waals surface area contributed by atoms with Crippen molar-refractivity contribution >= 4 is 17.7 Å². The van der Waals surface area contributed by atoms with Gasteiger partial charge in [-0.05, 0) is 29.2 Å². The van der Waals surface area contributed by atoms with Crippen molar-refractivity contribution in [3.63, 3.8) is 0 Å². The molecule has 0 saturated heterocycles. The molecule has 0 aromatic carbocycles. The zero-order valence-electron chi connectivity index (χ0n) is 13.1. The number of nitrogens with one attached hydrogen (secondary N) is 1. The summed E-state index contributed by atoms with van der Waals surface area (Å²) in [5.41, 5.74) is -0.681. The van der Waals surface area contributed by atoms with Crippen molar-refractivity contribution in [2.45, 2.75) is 63.2 Å². The van der Waals surface area contributed by atoms with Crippen LogP contribution in [0.25, 0.3) is 0 Å². The second-order valence-corrected chi connectivity index (χ2v) is 7.07. The molecule has 120 valence electrons. The van der Waals surface area contributed by atoms with E-state index in [1.807, 2.05) is 0 Å². The van der Waals surface area contributed by atoms with Crippen LogP contribution < -0.4 is 5.32 Å². The van der Waals surface area contributed by atoms with E-state index in [0.717, 1.165) is 38.6 Å². The highest BCUT2D eigenvalue weighted by molar-refractivity contribution is 7.99. The lowest BCUT2D eigenvalue weighted by atomic mass is 9.83. The number of nitrogens with zero attached hydrogens (tertiary/aromatic N) is 5. The van der Waals surface area contributed by atoms with E-state index in [9.17, 15) is 10.1 Å². The molecule has 1 aliphatic carbocycles. The molecule has 0 bridgehead atoms. The van der Waals surface area contributed by atoms with Gasteiger partial charge in [-0.2, -0.15) is 5.26 Å². The van der Waals surface area contributed by atoms with Crippen molar-refractivity contribution in [3.05, 3.63) is 0 Å². The lowest BCUT2D eigenvalue weighted by Crippen LogP contribution is -2.49. The molecule has 7 nitrogen and oxygen atoms in total. The van der Waals surface area contributed by atoms with Crippen molar-refractivity contribution in [3.8, 4) is 6.07 Å². The van der Waals surface area contributed by atoms with Crippen LogP contribution >= 0.6 is 11.8 Å². The van der Waals surface area contributed by atoms with E-state index >= 15 is 0 Å². The van der Waals surface area contributed by atoms with E-state index in [1.165, 1.54) is 11.8 Å². The number of amides is 1. The number of carbonyl (C=O) groups excluding carboxylic acids is 1. The number of rotatable bonds is 6. The number of tetrazole rings is 1. The van der Waals surface area contributed by atoms with E-state index in [1.54, 1.807) is 4.68 Å². The Morgan fingerprint density at radius 3 is 2.82 bits per heavy atom. The molecule has 8 heteroatoms. The molecule has 1 heterocycles. The minimum atomic E-state index is -0.681. The van der Waals surface area contributed by atoms with Crippen LogP contribution in [0, 0.1) is 17.2 Å². The standard InChI is InChI=1S/C14H22N6OS/c1-11(2)8-20-13(17-18-19-20)22-9-12(21)16-14(10-15)6-4-3-5-7-14/h11H,3-9H2,1-2H3,(H,16,21). The van der Waals surface area contributed by atoms with Crippen LogP contribution in [0.5, 0.6) is 0 Å². The van der Waals surface area contributed by atoms with Gasteiger partial charge in [-0.1, -0.05) is 44.9 Å². The van der Waals surface area contributed by atoms with Gasteiger partial charge in [0.2, 0.25) is 11.1 Å². The maximum absolute atomic E-state index is 12.1. The molecular weight excluding hydrogens is 300 g/mol. The first-order chi connectivity index (χ1) is 10.5. The van der Waals surface area contributed by atoms with Crippen LogP contribution in [-0.4, -0.2) is 37.4 Å². The van der Waals surface area contributed by atoms with Gasteiger partial charge in [-0.3, -0.25) is 4.79 Å². The maximum Gasteiger partial charge on any atom is 0.231 e. The van der Waals surface area contributed by atoms with Gasteiger partial charge in [-0.25, -0.2) is 4.68 Å². The van der Waals surface area contributed by atoms with E-state index in [-0.39, 0.29) is 11.7 Å². The van der Waals surface area contributed by atoms with Crippen LogP contribution in [0.4, 0.5) is 0 Å². The average molecular weight is 322 g/mol. The Bertz CT molecular complexity index is 544. The SMILES string of the molecule is CC(C)Cn1nnnc1SCC(=O)NC1(C#N)CCCCC1. The van der Waals surface area contributed by atoms with Crippen LogP contribution in [0.15, 0.2) is 5.16 Å². The normalized spacial score (nSPS) is 17.2. The summed E-state index contributed by atoms with van der Waals surface area (Å²) in [7, 11) is 0. The third-order valence-electron chi connectivity index (χ3n) is 3.67. The second kappa shape index (κ2) is 7.58. The lowest BCUT2D eigenvalue weighted by Gasteiger charge is -2.31. The van der Waals surface area contributed by atoms with Crippen molar-refractivity contribution in [1.82, 2.24) is 25.5 Å². The van der Waals surface area contributed by atoms with E-state index in [0.29, 0.717) is 11.1 Å². The zero-order valence-corrected chi connectivity index (χ0v) is 13.9. The molecule has 1 saturated carbocycles. The predicted octanol–water partition coefficient (Wildman–Crippen LogP) is 1.76. The molecule has 1 amide bonds. The summed E-state index contributed by atoms with van der Waals surface area (Å²) in [4.78, 5) is 12.1. The number of carbonyl (C=O) groups is 1. The molecule has 2 rings (SSSR count). The fourth-order valence-corrected chi connectivity index (χ4v) is 3.30. The molecule has 1 aliphatic rings. The van der Waals surface area contributed by atoms with Gasteiger partial charge >= 0.3 is 0 Å². The van der Waals surface area contributed by atoms with Crippen LogP contribution in [0.1, 0.15) is 46.0 Å². The van der Waals surface area contributed by atoms with Crippen LogP contribution in [-0.2, 0) is 11.3 Å². The Kier molecular flexibility index (Phi) is 5.77. The van der Waals surface area contributed by atoms with Gasteiger partial charge in [0, 0.05) is 6.54 Å². The first-order valence-corrected chi connectivity index (χ1v) is 8.64. The smallest absolute Gasteiger partial charge is 0.231 e. The summed E-state index contributed by atoms with van der Waals surface area (Å²) in [6, 6.07) is 2.29. The highest BCUT2D eigenvalue weighted by Crippen LogP contribution is 2.27. The molecule has 1 fully saturated rings. The quantitative estimate of drug-likeness (QED) is 0.802. The molecule has 1 N–H and O–H groups in total. The van der Waals surface area contributed by atoms with Crippen molar-refractivity contribution in [1.29, 1.82) is 5.26 Å². The zero-order chi connectivity index (χ0) is 16.0. The molecule has 22 heavy (non-hydrogen) atoms. The number of hydrogen-bond acceptors (Lipinski definition) is 6. The summed E-state index contributed by atoms with van der Waals surface area (Å²) < 4.78 is 1.71. The molecule has 0 spiro atoms. The molecule has 0 atom stereocenters. The van der Waals surface area contributed by atoms with E-state index < -0.39 is 5.54 Å². The Hall–Kier alpha value is -1.62. The second-order valence-electron chi connectivity index (χ2n) is 6.13. The molecule has 0 aliphatic heterocycles. The summed E-state index contributed by atoms with van der Waals surface area (Å²) >= 11 is 1.31. The van der Waals surface area contributed by atoms with Crippen molar-refractivity contribution < 1.29 is 4.79 Å². The third kappa shape index (κ3) is 4.44. The number of nitriles is 1. The maximum atomic E-state index is 12.1. The third-order valence-corrected chi connectivity index (χ3v) is 4.63. The molecule has 1 aromatic rings. The van der Waals surface area contributed by atoms with Gasteiger partial charge in [0.05, 0.1) is 11.8 Å². The topological polar surface area (TPSA) is 96.5 Å². The van der Waals surface area contributed by atoms with E-state index in [2.05, 4.69) is 40.8 Å². The number of aromatic nitrogens is 4. The molecular formula is C14H22N6OS. The Morgan fingerprint density at radius 2 is 2.18 bits per heavy atom. The first kappa shape index (κ1) is 16.7. The minimum absolute atomic E-state index is 0.132. The van der Waals surface area contributed by atoms with Crippen LogP contribution in [0.3, 0.4) is 0 Å². The summed E-state index contributed by atoms with van der Waals surface area (Å²) in [5.74, 6) is 0.523. The highest BCUT2D eigenvalue weighted by atomic mass is 32.2. The first-order valence-electron chi connectivity index (χ1n) is 7.66. The fourth-order valence-electron chi connectivity index (χ4n) is 2.61. The monoisotopic (exact) mass is 322 g/mol. The van der Waals surface area contributed by atoms with Crippen molar-refractivity contribution in [2.75, 3.05) is 5.75 Å². The van der Waals surface area contributed by atoms with Crippen molar-refractivity contribution in [2.24, 2.45) is 5.92 Å². The Balaban J connectivity index is 1.88. The summed E-state index contributed by atoms with van der Waals surface area (Å²) in [6.45, 7) is 4.89. The lowest BCUT2D eigenvalue weighted by molar-refractivity contribution is -0.120. The van der Waals surface area contributed by atoms with Gasteiger partial charge in [0.25, 0.3) is 0 Å². The molecule has 1 aromatic heterocycles. The predicted molar refractivity (Wildman–Crippen MR) is 83.0 cm³/mol. The molecule has 0 unspecified atom stereocenters. The van der Waals surface area contributed by atoms with Gasteiger partial charge in [0.15, 0.2) is 0 Å². The number of thioether (sulfide) groups is 1.